The number of nitrogens with one attached hydrogen (secondary N) is 2. The topological polar surface area (TPSA) is 66.0 Å². The molecule has 3 rings (SSSR count). The summed E-state index contributed by atoms with van der Waals surface area (Å²) >= 11 is 0. The predicted octanol–water partition coefficient (Wildman–Crippen LogP) is 2.68. The molecule has 0 bridgehead atoms. The molecule has 1 saturated heterocycles. The van der Waals surface area contributed by atoms with E-state index in [4.69, 9.17) is 9.73 Å². The van der Waals surface area contributed by atoms with Crippen LogP contribution in [0.2, 0.25) is 0 Å². The molecule has 6 heteroatoms. The normalized spacial score (nSPS) is 17.2. The van der Waals surface area contributed by atoms with E-state index >= 15 is 0 Å². The number of aliphatic imine (C=N–C) groups is 1. The van der Waals surface area contributed by atoms with Gasteiger partial charge in [-0.3, -0.25) is 4.79 Å². The fourth-order valence-electron chi connectivity index (χ4n) is 3.35. The number of ether oxygens (including phenoxy) is 1. The van der Waals surface area contributed by atoms with Gasteiger partial charge in [-0.1, -0.05) is 24.3 Å². The Balaban J connectivity index is 1.43. The lowest BCUT2D eigenvalue weighted by atomic mass is 10.1. The third-order valence-electron chi connectivity index (χ3n) is 5.11. The molecule has 1 aromatic rings. The van der Waals surface area contributed by atoms with Gasteiger partial charge in [0.15, 0.2) is 5.96 Å². The zero-order valence-electron chi connectivity index (χ0n) is 17.1. The summed E-state index contributed by atoms with van der Waals surface area (Å²) in [6.45, 7) is 7.69. The molecule has 2 N–H and O–H groups in total. The van der Waals surface area contributed by atoms with E-state index in [0.29, 0.717) is 19.5 Å². The first-order valence-electron chi connectivity index (χ1n) is 10.7. The Morgan fingerprint density at radius 3 is 2.89 bits per heavy atom. The minimum absolute atomic E-state index is 0.267. The second-order valence-corrected chi connectivity index (χ2v) is 7.73. The maximum absolute atomic E-state index is 11.8. The number of amides is 1. The van der Waals surface area contributed by atoms with E-state index in [2.05, 4.69) is 41.8 Å². The van der Waals surface area contributed by atoms with E-state index < -0.39 is 0 Å². The summed E-state index contributed by atoms with van der Waals surface area (Å²) in [5.41, 5.74) is 2.34. The third kappa shape index (κ3) is 7.15. The van der Waals surface area contributed by atoms with Crippen molar-refractivity contribution in [3.8, 4) is 0 Å². The first-order chi connectivity index (χ1) is 13.7. The molecular weight excluding hydrogens is 352 g/mol. The third-order valence-corrected chi connectivity index (χ3v) is 5.11. The molecule has 28 heavy (non-hydrogen) atoms. The number of nitrogens with zero attached hydrogens (tertiary/aromatic N) is 2. The average Bonchev–Trinajstić information content (AvgIpc) is 3.44. The Morgan fingerprint density at radius 1 is 1.29 bits per heavy atom. The van der Waals surface area contributed by atoms with Crippen LogP contribution in [0.5, 0.6) is 0 Å². The van der Waals surface area contributed by atoms with Gasteiger partial charge in [0, 0.05) is 45.8 Å². The van der Waals surface area contributed by atoms with Crippen LogP contribution in [0.15, 0.2) is 29.3 Å². The molecule has 1 aliphatic heterocycles. The van der Waals surface area contributed by atoms with Crippen LogP contribution < -0.4 is 10.6 Å². The van der Waals surface area contributed by atoms with Crippen LogP contribution in [0.25, 0.3) is 0 Å². The Bertz CT molecular complexity index is 658. The Hall–Kier alpha value is -2.08. The number of benzene rings is 1. The molecule has 1 aromatic carbocycles. The second kappa shape index (κ2) is 11.1. The van der Waals surface area contributed by atoms with Crippen molar-refractivity contribution >= 4 is 11.9 Å². The lowest BCUT2D eigenvalue weighted by molar-refractivity contribution is -0.128. The van der Waals surface area contributed by atoms with E-state index in [1.807, 2.05) is 4.90 Å². The molecular formula is C22H34N4O2. The zero-order chi connectivity index (χ0) is 19.6. The number of guanidine groups is 1. The van der Waals surface area contributed by atoms with Crippen LogP contribution in [-0.2, 0) is 22.6 Å². The standard InChI is InChI=1S/C22H34N4O2/c1-2-23-22(24-11-5-13-28-17-18-9-10-18)25-15-19-6-3-7-20(14-19)16-26-12-4-8-21(26)27/h3,6-7,14,18H,2,4-5,8-13,15-17H2,1H3,(H2,23,24,25). The van der Waals surface area contributed by atoms with Crippen LogP contribution in [-0.4, -0.2) is 49.6 Å². The van der Waals surface area contributed by atoms with Gasteiger partial charge >= 0.3 is 0 Å². The van der Waals surface area contributed by atoms with Gasteiger partial charge in [-0.25, -0.2) is 4.99 Å². The summed E-state index contributed by atoms with van der Waals surface area (Å²) in [5.74, 6) is 1.93. The van der Waals surface area contributed by atoms with Gasteiger partial charge in [0.1, 0.15) is 0 Å². The predicted molar refractivity (Wildman–Crippen MR) is 112 cm³/mol. The number of rotatable bonds is 11. The fraction of sp³-hybridized carbons (Fsp3) is 0.636. The molecule has 2 fully saturated rings. The van der Waals surface area contributed by atoms with Crippen molar-refractivity contribution in [1.82, 2.24) is 15.5 Å². The molecule has 0 unspecified atom stereocenters. The minimum atomic E-state index is 0.267. The van der Waals surface area contributed by atoms with Gasteiger partial charge in [-0.15, -0.1) is 0 Å². The summed E-state index contributed by atoms with van der Waals surface area (Å²) < 4.78 is 5.68. The van der Waals surface area contributed by atoms with Gasteiger partial charge < -0.3 is 20.3 Å². The molecule has 2 aliphatic rings. The summed E-state index contributed by atoms with van der Waals surface area (Å²) in [4.78, 5) is 18.5. The van der Waals surface area contributed by atoms with Gasteiger partial charge in [-0.05, 0) is 49.7 Å². The molecule has 1 saturated carbocycles. The van der Waals surface area contributed by atoms with Crippen LogP contribution in [0.1, 0.15) is 50.2 Å². The van der Waals surface area contributed by atoms with Crippen molar-refractivity contribution in [3.63, 3.8) is 0 Å². The van der Waals surface area contributed by atoms with Gasteiger partial charge in [-0.2, -0.15) is 0 Å². The van der Waals surface area contributed by atoms with Gasteiger partial charge in [0.25, 0.3) is 0 Å². The van der Waals surface area contributed by atoms with Crippen molar-refractivity contribution in [3.05, 3.63) is 35.4 Å². The van der Waals surface area contributed by atoms with Crippen LogP contribution in [0.4, 0.5) is 0 Å². The number of carbonyl (C=O) groups excluding carboxylic acids is 1. The molecule has 0 atom stereocenters. The van der Waals surface area contributed by atoms with E-state index in [9.17, 15) is 4.79 Å². The molecule has 1 heterocycles. The van der Waals surface area contributed by atoms with E-state index in [-0.39, 0.29) is 5.91 Å². The van der Waals surface area contributed by atoms with Crippen LogP contribution in [0.3, 0.4) is 0 Å². The Labute approximate surface area is 168 Å². The van der Waals surface area contributed by atoms with E-state index in [0.717, 1.165) is 63.1 Å². The summed E-state index contributed by atoms with van der Waals surface area (Å²) in [6, 6.07) is 8.39. The molecule has 0 spiro atoms. The Kier molecular flexibility index (Phi) is 8.15. The minimum Gasteiger partial charge on any atom is -0.381 e. The smallest absolute Gasteiger partial charge is 0.222 e. The molecule has 0 aromatic heterocycles. The molecule has 6 nitrogen and oxygen atoms in total. The quantitative estimate of drug-likeness (QED) is 0.349. The molecule has 154 valence electrons. The highest BCUT2D eigenvalue weighted by Gasteiger charge is 2.21. The zero-order valence-corrected chi connectivity index (χ0v) is 17.1. The largest absolute Gasteiger partial charge is 0.381 e. The monoisotopic (exact) mass is 386 g/mol. The maximum atomic E-state index is 11.8. The van der Waals surface area contributed by atoms with Crippen LogP contribution >= 0.6 is 0 Å². The van der Waals surface area contributed by atoms with Crippen molar-refractivity contribution < 1.29 is 9.53 Å². The number of hydrogen-bond donors (Lipinski definition) is 2. The molecule has 1 aliphatic carbocycles. The summed E-state index contributed by atoms with van der Waals surface area (Å²) in [6.07, 6.45) is 5.33. The van der Waals surface area contributed by atoms with Gasteiger partial charge in [0.2, 0.25) is 5.91 Å². The highest BCUT2D eigenvalue weighted by Crippen LogP contribution is 2.28. The lowest BCUT2D eigenvalue weighted by Gasteiger charge is -2.16. The van der Waals surface area contributed by atoms with Gasteiger partial charge in [0.05, 0.1) is 6.54 Å². The average molecular weight is 387 g/mol. The molecule has 1 amide bonds. The lowest BCUT2D eigenvalue weighted by Crippen LogP contribution is -2.38. The van der Waals surface area contributed by atoms with Crippen molar-refractivity contribution in [1.29, 1.82) is 0 Å². The SMILES string of the molecule is CCNC(=NCc1cccc(CN2CCCC2=O)c1)NCCCOCC1CC1. The molecule has 0 radical (unpaired) electrons. The second-order valence-electron chi connectivity index (χ2n) is 7.73. The number of carbonyl (C=O) groups is 1. The number of likely N-dealkylation sites (tertiary alicyclic amines) is 1. The first-order valence-corrected chi connectivity index (χ1v) is 10.7. The van der Waals surface area contributed by atoms with Crippen molar-refractivity contribution in [2.24, 2.45) is 10.9 Å². The number of hydrogen-bond acceptors (Lipinski definition) is 3. The van der Waals surface area contributed by atoms with E-state index in [1.165, 1.54) is 18.4 Å². The Morgan fingerprint density at radius 2 is 2.14 bits per heavy atom. The first kappa shape index (κ1) is 20.6. The van der Waals surface area contributed by atoms with Crippen LogP contribution in [0, 0.1) is 5.92 Å². The summed E-state index contributed by atoms with van der Waals surface area (Å²) in [5, 5.41) is 6.68. The highest BCUT2D eigenvalue weighted by molar-refractivity contribution is 5.79. The van der Waals surface area contributed by atoms with Crippen molar-refractivity contribution in [2.75, 3.05) is 32.8 Å². The van der Waals surface area contributed by atoms with E-state index in [1.54, 1.807) is 0 Å². The maximum Gasteiger partial charge on any atom is 0.222 e. The van der Waals surface area contributed by atoms with Crippen molar-refractivity contribution in [2.45, 2.75) is 52.1 Å². The summed E-state index contributed by atoms with van der Waals surface area (Å²) in [7, 11) is 0. The fourth-order valence-corrected chi connectivity index (χ4v) is 3.35. The highest BCUT2D eigenvalue weighted by atomic mass is 16.5.